The molecule has 2 heterocycles. The first-order valence-corrected chi connectivity index (χ1v) is 9.59. The molecule has 3 aromatic rings. The number of anilines is 2. The first kappa shape index (κ1) is 16.8. The zero-order valence-corrected chi connectivity index (χ0v) is 15.3. The molecule has 0 bridgehead atoms. The van der Waals surface area contributed by atoms with E-state index < -0.39 is 0 Å². The quantitative estimate of drug-likeness (QED) is 0.719. The molecule has 0 unspecified atom stereocenters. The summed E-state index contributed by atoms with van der Waals surface area (Å²) in [6, 6.07) is 6.71. The lowest BCUT2D eigenvalue weighted by molar-refractivity contribution is 0.462. The first-order valence-electron chi connectivity index (χ1n) is 9.59. The third-order valence-corrected chi connectivity index (χ3v) is 5.08. The summed E-state index contributed by atoms with van der Waals surface area (Å²) in [5, 5.41) is 9.08. The molecular weight excluding hydrogens is 324 g/mol. The molecule has 1 aliphatic rings. The fourth-order valence-corrected chi connectivity index (χ4v) is 3.74. The van der Waals surface area contributed by atoms with Crippen LogP contribution in [0.4, 0.5) is 11.8 Å². The van der Waals surface area contributed by atoms with E-state index in [2.05, 4.69) is 45.6 Å². The first-order chi connectivity index (χ1) is 12.7. The van der Waals surface area contributed by atoms with Gasteiger partial charge in [0.15, 0.2) is 0 Å². The highest BCUT2D eigenvalue weighted by Crippen LogP contribution is 2.30. The van der Waals surface area contributed by atoms with E-state index in [1.807, 2.05) is 16.9 Å². The predicted molar refractivity (Wildman–Crippen MR) is 106 cm³/mol. The van der Waals surface area contributed by atoms with Gasteiger partial charge in [0, 0.05) is 29.7 Å². The Bertz CT molecular complexity index is 894. The number of nitrogens with two attached hydrogens (primary N) is 1. The van der Waals surface area contributed by atoms with Crippen molar-refractivity contribution in [1.82, 2.24) is 19.7 Å². The van der Waals surface area contributed by atoms with Crippen LogP contribution in [0.25, 0.3) is 22.0 Å². The summed E-state index contributed by atoms with van der Waals surface area (Å²) >= 11 is 0. The Morgan fingerprint density at radius 2 is 2.00 bits per heavy atom. The fourth-order valence-electron chi connectivity index (χ4n) is 3.74. The van der Waals surface area contributed by atoms with E-state index in [9.17, 15) is 0 Å². The molecule has 0 aliphatic heterocycles. The van der Waals surface area contributed by atoms with Crippen LogP contribution in [0.5, 0.6) is 0 Å². The van der Waals surface area contributed by atoms with Gasteiger partial charge in [0.05, 0.1) is 11.7 Å². The molecule has 0 saturated heterocycles. The molecule has 6 nitrogen and oxygen atoms in total. The van der Waals surface area contributed by atoms with E-state index in [1.165, 1.54) is 32.1 Å². The van der Waals surface area contributed by atoms with Gasteiger partial charge in [-0.25, -0.2) is 4.98 Å². The van der Waals surface area contributed by atoms with Crippen molar-refractivity contribution in [3.05, 3.63) is 30.6 Å². The average molecular weight is 350 g/mol. The van der Waals surface area contributed by atoms with E-state index in [1.54, 1.807) is 0 Å². The summed E-state index contributed by atoms with van der Waals surface area (Å²) in [6.45, 7) is 3.09. The van der Waals surface area contributed by atoms with E-state index >= 15 is 0 Å². The number of nitrogens with zero attached hydrogens (tertiary/aromatic N) is 4. The largest absolute Gasteiger partial charge is 0.368 e. The highest BCUT2D eigenvalue weighted by Gasteiger charge is 2.16. The van der Waals surface area contributed by atoms with Crippen molar-refractivity contribution in [1.29, 1.82) is 0 Å². The third kappa shape index (κ3) is 3.49. The number of hydrogen-bond donors (Lipinski definition) is 2. The monoisotopic (exact) mass is 350 g/mol. The SMILES string of the molecule is CCCn1cc(-c2ccc3nc(N)nc(NC4CCCCC4)c3c2)cn1. The number of nitrogen functional groups attached to an aromatic ring is 1. The molecule has 136 valence electrons. The van der Waals surface area contributed by atoms with Gasteiger partial charge in [-0.3, -0.25) is 4.68 Å². The van der Waals surface area contributed by atoms with Gasteiger partial charge in [-0.05, 0) is 37.0 Å². The lowest BCUT2D eigenvalue weighted by atomic mass is 9.95. The second-order valence-corrected chi connectivity index (χ2v) is 7.13. The van der Waals surface area contributed by atoms with Crippen LogP contribution in [-0.4, -0.2) is 25.8 Å². The summed E-state index contributed by atoms with van der Waals surface area (Å²) in [4.78, 5) is 8.90. The summed E-state index contributed by atoms with van der Waals surface area (Å²) in [5.41, 5.74) is 9.05. The number of aryl methyl sites for hydroxylation is 1. The minimum atomic E-state index is 0.319. The summed E-state index contributed by atoms with van der Waals surface area (Å²) in [7, 11) is 0. The van der Waals surface area contributed by atoms with Crippen molar-refractivity contribution in [2.45, 2.75) is 58.0 Å². The van der Waals surface area contributed by atoms with Crippen molar-refractivity contribution in [2.75, 3.05) is 11.1 Å². The predicted octanol–water partition coefficient (Wildman–Crippen LogP) is 4.23. The Kier molecular flexibility index (Phi) is 4.73. The summed E-state index contributed by atoms with van der Waals surface area (Å²) < 4.78 is 1.99. The second-order valence-electron chi connectivity index (χ2n) is 7.13. The highest BCUT2D eigenvalue weighted by atomic mass is 15.3. The van der Waals surface area contributed by atoms with Crippen molar-refractivity contribution in [3.63, 3.8) is 0 Å². The maximum absolute atomic E-state index is 5.94. The average Bonchev–Trinajstić information content (AvgIpc) is 3.11. The number of benzene rings is 1. The number of nitrogens with one attached hydrogen (secondary N) is 1. The van der Waals surface area contributed by atoms with Crippen molar-refractivity contribution in [2.24, 2.45) is 0 Å². The van der Waals surface area contributed by atoms with Gasteiger partial charge in [-0.2, -0.15) is 10.1 Å². The van der Waals surface area contributed by atoms with E-state index in [0.29, 0.717) is 12.0 Å². The van der Waals surface area contributed by atoms with Crippen LogP contribution in [-0.2, 0) is 6.54 Å². The number of rotatable bonds is 5. The van der Waals surface area contributed by atoms with Crippen LogP contribution < -0.4 is 11.1 Å². The molecule has 1 saturated carbocycles. The van der Waals surface area contributed by atoms with Gasteiger partial charge < -0.3 is 11.1 Å². The minimum Gasteiger partial charge on any atom is -0.368 e. The Morgan fingerprint density at radius 1 is 1.15 bits per heavy atom. The van der Waals surface area contributed by atoms with Gasteiger partial charge in [0.2, 0.25) is 5.95 Å². The van der Waals surface area contributed by atoms with Crippen LogP contribution in [0.15, 0.2) is 30.6 Å². The van der Waals surface area contributed by atoms with Crippen LogP contribution in [0.2, 0.25) is 0 Å². The van der Waals surface area contributed by atoms with E-state index in [4.69, 9.17) is 5.73 Å². The van der Waals surface area contributed by atoms with Crippen LogP contribution in [0, 0.1) is 0 Å². The maximum atomic E-state index is 5.94. The summed E-state index contributed by atoms with van der Waals surface area (Å²) in [6.07, 6.45) is 11.3. The van der Waals surface area contributed by atoms with E-state index in [0.717, 1.165) is 40.8 Å². The molecule has 1 fully saturated rings. The number of aromatic nitrogens is 4. The zero-order valence-electron chi connectivity index (χ0n) is 15.3. The molecule has 0 radical (unpaired) electrons. The molecule has 26 heavy (non-hydrogen) atoms. The molecule has 6 heteroatoms. The fraction of sp³-hybridized carbons (Fsp3) is 0.450. The normalized spacial score (nSPS) is 15.4. The van der Waals surface area contributed by atoms with Crippen molar-refractivity contribution >= 4 is 22.7 Å². The standard InChI is InChI=1S/C20H26N6/c1-2-10-26-13-15(12-22-26)14-8-9-18-17(11-14)19(25-20(21)24-18)23-16-6-4-3-5-7-16/h8-9,11-13,16H,2-7,10H2,1H3,(H3,21,23,24,25). The van der Waals surface area contributed by atoms with Gasteiger partial charge in [0.25, 0.3) is 0 Å². The zero-order chi connectivity index (χ0) is 17.9. The lowest BCUT2D eigenvalue weighted by Crippen LogP contribution is -2.23. The van der Waals surface area contributed by atoms with Gasteiger partial charge in [-0.1, -0.05) is 32.3 Å². The van der Waals surface area contributed by atoms with Crippen molar-refractivity contribution in [3.8, 4) is 11.1 Å². The molecule has 2 aromatic heterocycles. The van der Waals surface area contributed by atoms with Crippen LogP contribution in [0.3, 0.4) is 0 Å². The molecular formula is C20H26N6. The lowest BCUT2D eigenvalue weighted by Gasteiger charge is -2.24. The number of fused-ring (bicyclic) bond motifs is 1. The molecule has 4 rings (SSSR count). The Labute approximate surface area is 153 Å². The molecule has 0 amide bonds. The van der Waals surface area contributed by atoms with Crippen molar-refractivity contribution < 1.29 is 0 Å². The van der Waals surface area contributed by atoms with Crippen LogP contribution in [0.1, 0.15) is 45.4 Å². The summed E-state index contributed by atoms with van der Waals surface area (Å²) in [5.74, 6) is 1.17. The Balaban J connectivity index is 1.70. The maximum Gasteiger partial charge on any atom is 0.222 e. The topological polar surface area (TPSA) is 81.7 Å². The van der Waals surface area contributed by atoms with Crippen LogP contribution >= 0.6 is 0 Å². The highest BCUT2D eigenvalue weighted by molar-refractivity contribution is 5.93. The molecule has 1 aliphatic carbocycles. The molecule has 0 atom stereocenters. The molecule has 0 spiro atoms. The van der Waals surface area contributed by atoms with Gasteiger partial charge >= 0.3 is 0 Å². The van der Waals surface area contributed by atoms with E-state index in [-0.39, 0.29) is 0 Å². The Morgan fingerprint density at radius 3 is 2.81 bits per heavy atom. The second kappa shape index (κ2) is 7.32. The molecule has 1 aromatic carbocycles. The van der Waals surface area contributed by atoms with Gasteiger partial charge in [-0.15, -0.1) is 0 Å². The number of hydrogen-bond acceptors (Lipinski definition) is 5. The Hall–Kier alpha value is -2.63. The third-order valence-electron chi connectivity index (χ3n) is 5.08. The minimum absolute atomic E-state index is 0.319. The smallest absolute Gasteiger partial charge is 0.222 e. The molecule has 3 N–H and O–H groups in total. The van der Waals surface area contributed by atoms with Gasteiger partial charge in [0.1, 0.15) is 5.82 Å².